The zero-order valence-electron chi connectivity index (χ0n) is 15.0. The molecule has 0 heterocycles. The lowest BCUT2D eigenvalue weighted by atomic mass is 10.2. The van der Waals surface area contributed by atoms with Crippen LogP contribution in [0.25, 0.3) is 0 Å². The van der Waals surface area contributed by atoms with E-state index in [9.17, 15) is 4.79 Å². The van der Waals surface area contributed by atoms with Crippen LogP contribution in [-0.2, 0) is 0 Å². The fraction of sp³-hybridized carbons (Fsp3) is 0.300. The van der Waals surface area contributed by atoms with Crippen LogP contribution in [0.15, 0.2) is 47.6 Å². The first kappa shape index (κ1) is 19.8. The summed E-state index contributed by atoms with van der Waals surface area (Å²) in [5, 5.41) is 4.56. The number of rotatable bonds is 9. The van der Waals surface area contributed by atoms with Gasteiger partial charge in [-0.3, -0.25) is 4.79 Å². The molecule has 0 bridgehead atoms. The lowest BCUT2D eigenvalue weighted by Gasteiger charge is -2.11. The third kappa shape index (κ3) is 6.08. The Morgan fingerprint density at radius 3 is 2.62 bits per heavy atom. The Balaban J connectivity index is 1.94. The van der Waals surface area contributed by atoms with E-state index in [2.05, 4.69) is 17.5 Å². The van der Waals surface area contributed by atoms with Gasteiger partial charge in [0.25, 0.3) is 5.91 Å². The number of hydrogen-bond donors (Lipinski definition) is 1. The van der Waals surface area contributed by atoms with Crippen molar-refractivity contribution in [1.82, 2.24) is 5.43 Å². The van der Waals surface area contributed by atoms with Gasteiger partial charge in [0, 0.05) is 10.6 Å². The highest BCUT2D eigenvalue weighted by Gasteiger charge is 2.06. The van der Waals surface area contributed by atoms with E-state index in [1.807, 2.05) is 18.2 Å². The van der Waals surface area contributed by atoms with Crippen molar-refractivity contribution in [2.75, 3.05) is 13.7 Å². The van der Waals surface area contributed by atoms with Crippen molar-refractivity contribution in [2.24, 2.45) is 5.10 Å². The molecule has 1 N–H and O–H groups in total. The summed E-state index contributed by atoms with van der Waals surface area (Å²) in [5.41, 5.74) is 3.76. The van der Waals surface area contributed by atoms with E-state index >= 15 is 0 Å². The van der Waals surface area contributed by atoms with Crippen molar-refractivity contribution in [3.63, 3.8) is 0 Å². The van der Waals surface area contributed by atoms with Gasteiger partial charge < -0.3 is 9.47 Å². The Morgan fingerprint density at radius 1 is 1.15 bits per heavy atom. The first-order valence-electron chi connectivity index (χ1n) is 8.54. The van der Waals surface area contributed by atoms with Crippen molar-refractivity contribution in [3.05, 3.63) is 58.6 Å². The number of hydrazone groups is 1. The van der Waals surface area contributed by atoms with Crippen LogP contribution in [0.4, 0.5) is 0 Å². The van der Waals surface area contributed by atoms with Crippen molar-refractivity contribution >= 4 is 23.7 Å². The summed E-state index contributed by atoms with van der Waals surface area (Å²) in [6, 6.07) is 12.1. The van der Waals surface area contributed by atoms with Gasteiger partial charge in [-0.05, 0) is 54.4 Å². The maximum absolute atomic E-state index is 12.0. The predicted molar refractivity (Wildman–Crippen MR) is 105 cm³/mol. The second-order valence-corrected chi connectivity index (χ2v) is 6.11. The van der Waals surface area contributed by atoms with E-state index in [1.54, 1.807) is 37.6 Å². The number of carbonyl (C=O) groups is 1. The number of hydrogen-bond acceptors (Lipinski definition) is 4. The Kier molecular flexibility index (Phi) is 7.96. The summed E-state index contributed by atoms with van der Waals surface area (Å²) in [5.74, 6) is 1.03. The third-order valence-corrected chi connectivity index (χ3v) is 3.93. The number of unbranched alkanes of at least 4 members (excludes halogenated alkanes) is 2. The van der Waals surface area contributed by atoms with Crippen molar-refractivity contribution in [3.8, 4) is 11.5 Å². The van der Waals surface area contributed by atoms with Crippen LogP contribution in [0, 0.1) is 0 Å². The lowest BCUT2D eigenvalue weighted by Crippen LogP contribution is -2.17. The van der Waals surface area contributed by atoms with Crippen molar-refractivity contribution in [1.29, 1.82) is 0 Å². The van der Waals surface area contributed by atoms with Gasteiger partial charge in [0.15, 0.2) is 11.5 Å². The minimum absolute atomic E-state index is 0.305. The minimum Gasteiger partial charge on any atom is -0.493 e. The lowest BCUT2D eigenvalue weighted by molar-refractivity contribution is 0.0955. The molecule has 2 aromatic rings. The molecule has 0 saturated heterocycles. The zero-order valence-corrected chi connectivity index (χ0v) is 15.8. The smallest absolute Gasteiger partial charge is 0.271 e. The summed E-state index contributed by atoms with van der Waals surface area (Å²) < 4.78 is 11.1. The van der Waals surface area contributed by atoms with Gasteiger partial charge in [-0.2, -0.15) is 5.10 Å². The fourth-order valence-corrected chi connectivity index (χ4v) is 2.38. The molecule has 26 heavy (non-hydrogen) atoms. The van der Waals surface area contributed by atoms with Gasteiger partial charge in [0.1, 0.15) is 0 Å². The molecule has 0 radical (unpaired) electrons. The number of halogens is 1. The normalized spacial score (nSPS) is 10.7. The summed E-state index contributed by atoms with van der Waals surface area (Å²) in [7, 11) is 1.59. The van der Waals surface area contributed by atoms with E-state index in [0.717, 1.165) is 24.8 Å². The molecule has 0 spiro atoms. The summed E-state index contributed by atoms with van der Waals surface area (Å²) in [6.45, 7) is 2.81. The minimum atomic E-state index is -0.305. The molecule has 0 aliphatic heterocycles. The molecule has 0 unspecified atom stereocenters. The Bertz CT molecular complexity index is 745. The molecule has 0 fully saturated rings. The average Bonchev–Trinajstić information content (AvgIpc) is 2.66. The molecule has 5 nitrogen and oxygen atoms in total. The van der Waals surface area contributed by atoms with Gasteiger partial charge in [-0.1, -0.05) is 31.4 Å². The number of nitrogens with zero attached hydrogens (tertiary/aromatic N) is 1. The quantitative estimate of drug-likeness (QED) is 0.394. The van der Waals surface area contributed by atoms with Crippen molar-refractivity contribution in [2.45, 2.75) is 26.2 Å². The summed E-state index contributed by atoms with van der Waals surface area (Å²) >= 11 is 5.81. The number of methoxy groups -OCH3 is 1. The SMILES string of the molecule is CCCCCOc1ccc(/C=N/NC(=O)c2ccc(Cl)cc2)cc1OC. The third-order valence-electron chi connectivity index (χ3n) is 3.68. The van der Waals surface area contributed by atoms with E-state index < -0.39 is 0 Å². The maximum Gasteiger partial charge on any atom is 0.271 e. The van der Waals surface area contributed by atoms with Gasteiger partial charge in [0.05, 0.1) is 19.9 Å². The number of benzene rings is 2. The second kappa shape index (κ2) is 10.5. The molecule has 138 valence electrons. The topological polar surface area (TPSA) is 59.9 Å². The standard InChI is InChI=1S/C20H23ClN2O3/c1-3-4-5-12-26-18-11-6-15(13-19(18)25-2)14-22-23-20(24)16-7-9-17(21)10-8-16/h6-11,13-14H,3-5,12H2,1-2H3,(H,23,24)/b22-14+. The fourth-order valence-electron chi connectivity index (χ4n) is 2.25. The number of ether oxygens (including phenoxy) is 2. The monoisotopic (exact) mass is 374 g/mol. The van der Waals surface area contributed by atoms with E-state index in [4.69, 9.17) is 21.1 Å². The number of amides is 1. The molecule has 0 aromatic heterocycles. The summed E-state index contributed by atoms with van der Waals surface area (Å²) in [6.07, 6.45) is 4.86. The maximum atomic E-state index is 12.0. The van der Waals surface area contributed by atoms with Crippen LogP contribution in [0.1, 0.15) is 42.1 Å². The molecule has 6 heteroatoms. The van der Waals surface area contributed by atoms with Crippen LogP contribution in [0.5, 0.6) is 11.5 Å². The Hall–Kier alpha value is -2.53. The van der Waals surface area contributed by atoms with Gasteiger partial charge in [-0.15, -0.1) is 0 Å². The summed E-state index contributed by atoms with van der Waals surface area (Å²) in [4.78, 5) is 12.0. The first-order valence-corrected chi connectivity index (χ1v) is 8.91. The molecular formula is C20H23ClN2O3. The van der Waals surface area contributed by atoms with Gasteiger partial charge >= 0.3 is 0 Å². The molecule has 2 aromatic carbocycles. The Morgan fingerprint density at radius 2 is 1.92 bits per heavy atom. The molecule has 0 atom stereocenters. The molecule has 0 saturated carbocycles. The molecule has 1 amide bonds. The number of carbonyl (C=O) groups excluding carboxylic acids is 1. The van der Waals surface area contributed by atoms with Crippen LogP contribution < -0.4 is 14.9 Å². The highest BCUT2D eigenvalue weighted by molar-refractivity contribution is 6.30. The predicted octanol–water partition coefficient (Wildman–Crippen LogP) is 4.68. The zero-order chi connectivity index (χ0) is 18.8. The van der Waals surface area contributed by atoms with Crippen LogP contribution in [-0.4, -0.2) is 25.8 Å². The molecule has 0 aliphatic rings. The van der Waals surface area contributed by atoms with E-state index in [-0.39, 0.29) is 5.91 Å². The highest BCUT2D eigenvalue weighted by Crippen LogP contribution is 2.27. The van der Waals surface area contributed by atoms with Gasteiger partial charge in [0.2, 0.25) is 0 Å². The molecule has 2 rings (SSSR count). The first-order chi connectivity index (χ1) is 12.6. The molecular weight excluding hydrogens is 352 g/mol. The van der Waals surface area contributed by atoms with Crippen LogP contribution >= 0.6 is 11.6 Å². The highest BCUT2D eigenvalue weighted by atomic mass is 35.5. The van der Waals surface area contributed by atoms with Crippen LogP contribution in [0.3, 0.4) is 0 Å². The van der Waals surface area contributed by atoms with Crippen LogP contribution in [0.2, 0.25) is 5.02 Å². The van der Waals surface area contributed by atoms with E-state index in [1.165, 1.54) is 0 Å². The second-order valence-electron chi connectivity index (χ2n) is 5.67. The van der Waals surface area contributed by atoms with E-state index in [0.29, 0.717) is 28.7 Å². The number of nitrogens with one attached hydrogen (secondary N) is 1. The largest absolute Gasteiger partial charge is 0.493 e. The Labute approximate surface area is 159 Å². The van der Waals surface area contributed by atoms with Crippen molar-refractivity contribution < 1.29 is 14.3 Å². The average molecular weight is 375 g/mol. The van der Waals surface area contributed by atoms with Gasteiger partial charge in [-0.25, -0.2) is 5.43 Å². The molecule has 0 aliphatic carbocycles.